The van der Waals surface area contributed by atoms with Crippen molar-refractivity contribution in [3.05, 3.63) is 30.3 Å². The Morgan fingerprint density at radius 1 is 1.12 bits per heavy atom. The molecule has 3 aromatic rings. The normalized spacial score (nSPS) is 23.4. The Kier molecular flexibility index (Phi) is 7.31. The number of ether oxygens (including phenoxy) is 1. The molecule has 40 heavy (non-hydrogen) atoms. The Labute approximate surface area is 234 Å². The van der Waals surface area contributed by atoms with Gasteiger partial charge in [-0.3, -0.25) is 4.79 Å². The van der Waals surface area contributed by atoms with Crippen molar-refractivity contribution < 1.29 is 13.9 Å². The number of carbonyl (C=O) groups is 1. The maximum Gasteiger partial charge on any atom is 0.249 e. The predicted octanol–water partition coefficient (Wildman–Crippen LogP) is 4.77. The summed E-state index contributed by atoms with van der Waals surface area (Å²) < 4.78 is 11.8. The van der Waals surface area contributed by atoms with E-state index in [4.69, 9.17) is 19.9 Å². The number of nitrogens with one attached hydrogen (secondary N) is 1. The van der Waals surface area contributed by atoms with Gasteiger partial charge in [-0.2, -0.15) is 4.98 Å². The van der Waals surface area contributed by atoms with Gasteiger partial charge in [0, 0.05) is 30.6 Å². The molecular formula is C29H38N8O3. The van der Waals surface area contributed by atoms with Crippen LogP contribution in [0.4, 0.5) is 23.1 Å². The third kappa shape index (κ3) is 4.87. The lowest BCUT2D eigenvalue weighted by atomic mass is 9.86. The average Bonchev–Trinajstić information content (AvgIpc) is 3.69. The summed E-state index contributed by atoms with van der Waals surface area (Å²) >= 11 is 0. The molecule has 0 spiro atoms. The summed E-state index contributed by atoms with van der Waals surface area (Å²) in [5.74, 6) is 3.34. The highest BCUT2D eigenvalue weighted by atomic mass is 16.5. The zero-order chi connectivity index (χ0) is 27.8. The lowest BCUT2D eigenvalue weighted by Crippen LogP contribution is -2.55. The number of hydrogen-bond acceptors (Lipinski definition) is 10. The van der Waals surface area contributed by atoms with E-state index in [2.05, 4.69) is 32.3 Å². The summed E-state index contributed by atoms with van der Waals surface area (Å²) in [6.07, 6.45) is 10.8. The molecule has 1 aliphatic heterocycles. The third-order valence-corrected chi connectivity index (χ3v) is 8.67. The Bertz CT molecular complexity index is 1360. The van der Waals surface area contributed by atoms with Crippen molar-refractivity contribution in [1.82, 2.24) is 20.2 Å². The highest BCUT2D eigenvalue weighted by Gasteiger charge is 2.41. The van der Waals surface area contributed by atoms with Crippen LogP contribution in [0, 0.1) is 0 Å². The van der Waals surface area contributed by atoms with Gasteiger partial charge in [-0.15, -0.1) is 10.2 Å². The largest absolute Gasteiger partial charge is 0.495 e. The van der Waals surface area contributed by atoms with Gasteiger partial charge in [0.25, 0.3) is 0 Å². The van der Waals surface area contributed by atoms with Crippen LogP contribution in [0.2, 0.25) is 0 Å². The number of nitrogens with two attached hydrogens (primary N) is 1. The van der Waals surface area contributed by atoms with Gasteiger partial charge in [-0.05, 0) is 63.1 Å². The molecule has 11 heteroatoms. The number of aromatic nitrogens is 4. The molecule has 1 atom stereocenters. The summed E-state index contributed by atoms with van der Waals surface area (Å²) in [6, 6.07) is 6.05. The third-order valence-electron chi connectivity index (χ3n) is 8.67. The van der Waals surface area contributed by atoms with E-state index in [0.29, 0.717) is 35.2 Å². The van der Waals surface area contributed by atoms with Crippen LogP contribution in [-0.4, -0.2) is 58.4 Å². The molecule has 6 rings (SSSR count). The molecule has 1 aromatic carbocycles. The highest BCUT2D eigenvalue weighted by Crippen LogP contribution is 2.41. The van der Waals surface area contributed by atoms with Crippen molar-refractivity contribution >= 4 is 29.0 Å². The molecule has 2 saturated carbocycles. The molecule has 2 aromatic heterocycles. The molecule has 0 radical (unpaired) electrons. The Morgan fingerprint density at radius 3 is 2.62 bits per heavy atom. The first-order valence-electron chi connectivity index (χ1n) is 14.4. The quantitative estimate of drug-likeness (QED) is 0.426. The van der Waals surface area contributed by atoms with Gasteiger partial charge in [0.2, 0.25) is 23.6 Å². The molecule has 2 aliphatic carbocycles. The first kappa shape index (κ1) is 26.5. The average molecular weight is 547 g/mol. The molecule has 0 saturated heterocycles. The molecule has 1 amide bonds. The molecule has 0 unspecified atom stereocenters. The number of fused-ring (bicyclic) bond motifs is 1. The highest BCUT2D eigenvalue weighted by molar-refractivity contribution is 6.04. The summed E-state index contributed by atoms with van der Waals surface area (Å²) in [7, 11) is 3.43. The van der Waals surface area contributed by atoms with Crippen LogP contribution in [0.15, 0.2) is 28.8 Å². The predicted molar refractivity (Wildman–Crippen MR) is 153 cm³/mol. The number of methoxy groups -OCH3 is 1. The van der Waals surface area contributed by atoms with E-state index >= 15 is 0 Å². The molecule has 2 fully saturated rings. The van der Waals surface area contributed by atoms with Gasteiger partial charge in [-0.1, -0.05) is 19.8 Å². The number of likely N-dealkylation sites (N-methyl/N-ethyl adjacent to an activating group) is 1. The second-order valence-electron chi connectivity index (χ2n) is 11.2. The number of nitrogens with zero attached hydrogens (tertiary/aromatic N) is 6. The van der Waals surface area contributed by atoms with E-state index in [9.17, 15) is 4.79 Å². The Morgan fingerprint density at radius 2 is 1.90 bits per heavy atom. The summed E-state index contributed by atoms with van der Waals surface area (Å²) in [5.41, 5.74) is 8.28. The van der Waals surface area contributed by atoms with E-state index in [-0.39, 0.29) is 23.9 Å². The fourth-order valence-electron chi connectivity index (χ4n) is 6.37. The van der Waals surface area contributed by atoms with Crippen molar-refractivity contribution in [3.63, 3.8) is 0 Å². The van der Waals surface area contributed by atoms with Crippen molar-refractivity contribution in [1.29, 1.82) is 0 Å². The van der Waals surface area contributed by atoms with Crippen molar-refractivity contribution in [3.8, 4) is 17.2 Å². The molecule has 11 nitrogen and oxygen atoms in total. The monoisotopic (exact) mass is 546 g/mol. The fraction of sp³-hybridized carbons (Fsp3) is 0.552. The number of anilines is 4. The number of hydrogen-bond donors (Lipinski definition) is 2. The fourth-order valence-corrected chi connectivity index (χ4v) is 6.37. The number of rotatable bonds is 7. The molecule has 3 heterocycles. The summed E-state index contributed by atoms with van der Waals surface area (Å²) in [5, 5.41) is 12.0. The Hall–Kier alpha value is -3.73. The molecule has 3 N–H and O–H groups in total. The van der Waals surface area contributed by atoms with Gasteiger partial charge in [-0.25, -0.2) is 4.98 Å². The number of benzene rings is 1. The van der Waals surface area contributed by atoms with Crippen LogP contribution >= 0.6 is 0 Å². The minimum atomic E-state index is -0.221. The van der Waals surface area contributed by atoms with Gasteiger partial charge in [0.1, 0.15) is 17.5 Å². The second-order valence-corrected chi connectivity index (χ2v) is 11.2. The standard InChI is InChI=1S/C29H38N8O3/c1-4-22-28(38)36(2)23-16-31-29(33-25(23)37(22)20-7-5-6-8-20)32-21-14-11-18(15-24(21)39-3)27-35-34-26(40-27)17-9-12-19(30)13-10-17/h11,14-17,19-20,22H,4-10,12-13,30H2,1-3H3,(H,31,32,33)/t17-,19-,22-/m1/s1. The first-order chi connectivity index (χ1) is 19.5. The maximum absolute atomic E-state index is 13.2. The smallest absolute Gasteiger partial charge is 0.249 e. The van der Waals surface area contributed by atoms with E-state index in [0.717, 1.165) is 62.0 Å². The number of carbonyl (C=O) groups excluding carboxylic acids is 1. The minimum Gasteiger partial charge on any atom is -0.495 e. The summed E-state index contributed by atoms with van der Waals surface area (Å²) in [6.45, 7) is 2.06. The topological polar surface area (TPSA) is 136 Å². The zero-order valence-electron chi connectivity index (χ0n) is 23.5. The molecular weight excluding hydrogens is 508 g/mol. The van der Waals surface area contributed by atoms with Gasteiger partial charge in [0.15, 0.2) is 5.82 Å². The summed E-state index contributed by atoms with van der Waals surface area (Å²) in [4.78, 5) is 26.6. The van der Waals surface area contributed by atoms with E-state index in [1.165, 1.54) is 12.8 Å². The van der Waals surface area contributed by atoms with E-state index in [1.54, 1.807) is 25.3 Å². The van der Waals surface area contributed by atoms with Crippen LogP contribution < -0.4 is 25.6 Å². The van der Waals surface area contributed by atoms with Crippen molar-refractivity contribution in [2.75, 3.05) is 29.3 Å². The maximum atomic E-state index is 13.2. The van der Waals surface area contributed by atoms with Gasteiger partial charge < -0.3 is 30.0 Å². The van der Waals surface area contributed by atoms with Crippen LogP contribution in [0.1, 0.15) is 76.5 Å². The van der Waals surface area contributed by atoms with Crippen LogP contribution in [0.3, 0.4) is 0 Å². The molecule has 0 bridgehead atoms. The van der Waals surface area contributed by atoms with E-state index < -0.39 is 0 Å². The van der Waals surface area contributed by atoms with Gasteiger partial charge in [0.05, 0.1) is 19.0 Å². The zero-order valence-corrected chi connectivity index (χ0v) is 23.5. The second kappa shape index (κ2) is 11.0. The van der Waals surface area contributed by atoms with Crippen molar-refractivity contribution in [2.45, 2.75) is 88.8 Å². The molecule has 212 valence electrons. The number of amides is 1. The first-order valence-corrected chi connectivity index (χ1v) is 14.4. The van der Waals surface area contributed by atoms with Crippen LogP contribution in [-0.2, 0) is 4.79 Å². The van der Waals surface area contributed by atoms with Crippen molar-refractivity contribution in [2.24, 2.45) is 5.73 Å². The lowest BCUT2D eigenvalue weighted by Gasteiger charge is -2.43. The lowest BCUT2D eigenvalue weighted by molar-refractivity contribution is -0.120. The van der Waals surface area contributed by atoms with Crippen LogP contribution in [0.5, 0.6) is 5.75 Å². The van der Waals surface area contributed by atoms with Crippen LogP contribution in [0.25, 0.3) is 11.5 Å². The SMILES string of the molecule is CC[C@@H]1C(=O)N(C)c2cnc(Nc3ccc(-c4nnc([C@H]5CC[C@H](N)CC5)o4)cc3OC)nc2N1C1CCCC1. The molecule has 3 aliphatic rings. The van der Waals surface area contributed by atoms with E-state index in [1.807, 2.05) is 18.2 Å². The Balaban J connectivity index is 1.26. The van der Waals surface area contributed by atoms with Gasteiger partial charge >= 0.3 is 0 Å². The minimum absolute atomic E-state index is 0.0970.